The Kier molecular flexibility index (Phi) is 4.37. The molecule has 0 amide bonds. The maximum absolute atomic E-state index is 12.7. The van der Waals surface area contributed by atoms with E-state index in [-0.39, 0.29) is 11.5 Å². The van der Waals surface area contributed by atoms with Crippen LogP contribution in [0, 0.1) is 15.7 Å². The van der Waals surface area contributed by atoms with Crippen LogP contribution in [0.3, 0.4) is 0 Å². The van der Waals surface area contributed by atoms with E-state index in [4.69, 9.17) is 0 Å². The number of hydrogen-bond donors (Lipinski definition) is 0. The number of rotatable bonds is 0. The standard InChI is InChI=1S/C7H3FO3.C3H3I/c8-5-3-4-1-2-6(5)11-7(9)10-4;1-2-3-4/h1-3H;1H3. The van der Waals surface area contributed by atoms with Crippen LogP contribution in [-0.2, 0) is 0 Å². The van der Waals surface area contributed by atoms with Crippen molar-refractivity contribution in [2.75, 3.05) is 0 Å². The molecule has 0 aromatic heterocycles. The summed E-state index contributed by atoms with van der Waals surface area (Å²) in [6.45, 7) is 1.81. The fraction of sp³-hybridized carbons (Fsp3) is 0.100. The van der Waals surface area contributed by atoms with Gasteiger partial charge in [-0.05, 0) is 23.0 Å². The van der Waals surface area contributed by atoms with Crippen LogP contribution < -0.4 is 9.47 Å². The summed E-state index contributed by atoms with van der Waals surface area (Å²) in [5.74, 6) is 2.14. The second-order valence-corrected chi connectivity index (χ2v) is 2.93. The molecule has 2 heterocycles. The van der Waals surface area contributed by atoms with Gasteiger partial charge in [0.15, 0.2) is 11.6 Å². The van der Waals surface area contributed by atoms with E-state index in [0.717, 1.165) is 6.07 Å². The molecule has 0 saturated heterocycles. The van der Waals surface area contributed by atoms with E-state index in [1.807, 2.05) is 29.5 Å². The predicted octanol–water partition coefficient (Wildman–Crippen LogP) is 3.12. The van der Waals surface area contributed by atoms with Crippen LogP contribution in [0.4, 0.5) is 9.18 Å². The van der Waals surface area contributed by atoms with Crippen molar-refractivity contribution >= 4 is 28.7 Å². The minimum Gasteiger partial charge on any atom is -0.395 e. The van der Waals surface area contributed by atoms with Crippen molar-refractivity contribution in [1.29, 1.82) is 0 Å². The Morgan fingerprint density at radius 2 is 2.07 bits per heavy atom. The molecule has 2 bridgehead atoms. The number of carbonyl (C=O) groups is 1. The lowest BCUT2D eigenvalue weighted by atomic mass is 10.3. The van der Waals surface area contributed by atoms with Gasteiger partial charge in [-0.25, -0.2) is 9.18 Å². The van der Waals surface area contributed by atoms with E-state index in [0.29, 0.717) is 0 Å². The van der Waals surface area contributed by atoms with Crippen molar-refractivity contribution in [2.24, 2.45) is 0 Å². The van der Waals surface area contributed by atoms with Crippen LogP contribution in [0.15, 0.2) is 18.2 Å². The van der Waals surface area contributed by atoms with Gasteiger partial charge in [0.05, 0.1) is 0 Å². The highest BCUT2D eigenvalue weighted by Gasteiger charge is 2.17. The summed E-state index contributed by atoms with van der Waals surface area (Å²) < 4.78 is 24.3. The molecule has 78 valence electrons. The topological polar surface area (TPSA) is 35.5 Å². The van der Waals surface area contributed by atoms with E-state index < -0.39 is 12.0 Å². The van der Waals surface area contributed by atoms with Crippen LogP contribution >= 0.6 is 22.6 Å². The smallest absolute Gasteiger partial charge is 0.395 e. The first-order valence-corrected chi connectivity index (χ1v) is 4.97. The van der Waals surface area contributed by atoms with Crippen LogP contribution in [0.2, 0.25) is 0 Å². The lowest BCUT2D eigenvalue weighted by Gasteiger charge is -1.94. The Balaban J connectivity index is 0.000000245. The molecule has 2 aliphatic heterocycles. The second-order valence-electron chi connectivity index (χ2n) is 2.39. The number of hydrogen-bond acceptors (Lipinski definition) is 3. The average Bonchev–Trinajstić information content (AvgIpc) is 2.47. The first-order chi connectivity index (χ1) is 7.17. The molecule has 15 heavy (non-hydrogen) atoms. The third kappa shape index (κ3) is 3.40. The molecule has 0 spiro atoms. The summed E-state index contributed by atoms with van der Waals surface area (Å²) in [5, 5.41) is 0. The highest BCUT2D eigenvalue weighted by Crippen LogP contribution is 2.26. The molecule has 5 heteroatoms. The predicted molar refractivity (Wildman–Crippen MR) is 60.5 cm³/mol. The van der Waals surface area contributed by atoms with Gasteiger partial charge in [0.25, 0.3) is 0 Å². The van der Waals surface area contributed by atoms with Crippen molar-refractivity contribution < 1.29 is 18.7 Å². The molecular weight excluding hydrogens is 314 g/mol. The van der Waals surface area contributed by atoms with Crippen molar-refractivity contribution in [3.05, 3.63) is 24.0 Å². The second kappa shape index (κ2) is 5.56. The lowest BCUT2D eigenvalue weighted by Crippen LogP contribution is -2.10. The Morgan fingerprint density at radius 1 is 1.40 bits per heavy atom. The molecular formula is C10H6FIO3. The van der Waals surface area contributed by atoms with E-state index in [1.165, 1.54) is 12.1 Å². The Bertz CT molecular complexity index is 428. The highest BCUT2D eigenvalue weighted by atomic mass is 127. The number of benzene rings is 1. The fourth-order valence-corrected chi connectivity index (χ4v) is 0.835. The van der Waals surface area contributed by atoms with Gasteiger partial charge >= 0.3 is 6.16 Å². The Labute approximate surface area is 99.7 Å². The third-order valence-electron chi connectivity index (χ3n) is 1.39. The molecule has 0 N–H and O–H groups in total. The van der Waals surface area contributed by atoms with E-state index >= 15 is 0 Å². The molecule has 0 unspecified atom stereocenters. The lowest BCUT2D eigenvalue weighted by molar-refractivity contribution is 0.153. The van der Waals surface area contributed by atoms with Gasteiger partial charge in [0.2, 0.25) is 0 Å². The highest BCUT2D eigenvalue weighted by molar-refractivity contribution is 14.1. The number of carbonyl (C=O) groups excluding carboxylic acids is 1. The van der Waals surface area contributed by atoms with Crippen LogP contribution in [0.5, 0.6) is 11.5 Å². The quantitative estimate of drug-likeness (QED) is 0.319. The maximum atomic E-state index is 12.7. The number of ether oxygens (including phenoxy) is 2. The Morgan fingerprint density at radius 3 is 2.60 bits per heavy atom. The number of halogens is 2. The zero-order valence-electron chi connectivity index (χ0n) is 7.71. The molecule has 3 rings (SSSR count). The molecule has 1 aromatic rings. The molecule has 2 aliphatic rings. The minimum absolute atomic E-state index is 0.101. The van der Waals surface area contributed by atoms with Crippen molar-refractivity contribution in [1.82, 2.24) is 0 Å². The van der Waals surface area contributed by atoms with Crippen molar-refractivity contribution in [3.63, 3.8) is 0 Å². The average molecular weight is 320 g/mol. The first kappa shape index (κ1) is 11.8. The molecule has 0 aliphatic carbocycles. The van der Waals surface area contributed by atoms with Crippen LogP contribution in [-0.4, -0.2) is 6.16 Å². The van der Waals surface area contributed by atoms with Crippen LogP contribution in [0.1, 0.15) is 6.92 Å². The normalized spacial score (nSPS) is 11.0. The summed E-state index contributed by atoms with van der Waals surface area (Å²) in [6.07, 6.45) is -0.899. The van der Waals surface area contributed by atoms with E-state index in [2.05, 4.69) is 19.3 Å². The monoisotopic (exact) mass is 320 g/mol. The largest absolute Gasteiger partial charge is 0.519 e. The molecule has 0 saturated carbocycles. The molecule has 3 nitrogen and oxygen atoms in total. The SMILES string of the molecule is CC#CI.O=C1Oc2ccc(c(F)c2)O1. The van der Waals surface area contributed by atoms with Gasteiger partial charge in [0.1, 0.15) is 5.75 Å². The summed E-state index contributed by atoms with van der Waals surface area (Å²) in [5.41, 5.74) is 0. The zero-order valence-corrected chi connectivity index (χ0v) is 9.87. The fourth-order valence-electron chi connectivity index (χ4n) is 0.835. The van der Waals surface area contributed by atoms with Crippen LogP contribution in [0.25, 0.3) is 0 Å². The van der Waals surface area contributed by atoms with Gasteiger partial charge in [-0.3, -0.25) is 0 Å². The van der Waals surface area contributed by atoms with Gasteiger partial charge in [-0.2, -0.15) is 0 Å². The summed E-state index contributed by atoms with van der Waals surface area (Å²) >= 11 is 1.99. The summed E-state index contributed by atoms with van der Waals surface area (Å²) in [7, 11) is 0. The van der Waals surface area contributed by atoms with Crippen molar-refractivity contribution in [2.45, 2.75) is 6.92 Å². The van der Waals surface area contributed by atoms with Gasteiger partial charge in [-0.1, -0.05) is 5.92 Å². The van der Waals surface area contributed by atoms with Gasteiger partial charge in [-0.15, -0.1) is 0 Å². The van der Waals surface area contributed by atoms with E-state index in [1.54, 1.807) is 0 Å². The van der Waals surface area contributed by atoms with Gasteiger partial charge in [0, 0.05) is 28.7 Å². The number of fused-ring (bicyclic) bond motifs is 4. The first-order valence-electron chi connectivity index (χ1n) is 3.89. The Hall–Kier alpha value is -1.29. The molecule has 0 atom stereocenters. The maximum Gasteiger partial charge on any atom is 0.519 e. The minimum atomic E-state index is -0.899. The molecule has 1 aromatic carbocycles. The zero-order chi connectivity index (χ0) is 11.3. The molecule has 0 radical (unpaired) electrons. The van der Waals surface area contributed by atoms with Crippen molar-refractivity contribution in [3.8, 4) is 21.3 Å². The van der Waals surface area contributed by atoms with Gasteiger partial charge < -0.3 is 9.47 Å². The molecule has 0 fully saturated rings. The summed E-state index contributed by atoms with van der Waals surface area (Å²) in [6, 6.07) is 3.90. The third-order valence-corrected chi connectivity index (χ3v) is 1.93. The summed E-state index contributed by atoms with van der Waals surface area (Å²) in [4.78, 5) is 10.6. The van der Waals surface area contributed by atoms with E-state index in [9.17, 15) is 9.18 Å².